The van der Waals surface area contributed by atoms with Gasteiger partial charge >= 0.3 is 0 Å². The van der Waals surface area contributed by atoms with Crippen molar-refractivity contribution in [3.8, 4) is 0 Å². The molecule has 1 aliphatic rings. The number of aromatic amines is 1. The molecule has 0 atom stereocenters. The summed E-state index contributed by atoms with van der Waals surface area (Å²) in [7, 11) is 1.85. The molecule has 1 amide bonds. The van der Waals surface area contributed by atoms with Crippen LogP contribution in [-0.4, -0.2) is 41.5 Å². The van der Waals surface area contributed by atoms with Crippen LogP contribution in [-0.2, 0) is 0 Å². The molecule has 5 heteroatoms. The normalized spacial score (nSPS) is 22.5. The van der Waals surface area contributed by atoms with Gasteiger partial charge in [-0.05, 0) is 38.3 Å². The van der Waals surface area contributed by atoms with E-state index in [1.165, 1.54) is 12.3 Å². The molecule has 1 fully saturated rings. The molecular weight excluding hydrogens is 254 g/mol. The molecule has 0 unspecified atom stereocenters. The van der Waals surface area contributed by atoms with Gasteiger partial charge < -0.3 is 15.2 Å². The van der Waals surface area contributed by atoms with Gasteiger partial charge in [0.15, 0.2) is 0 Å². The third-order valence-electron chi connectivity index (χ3n) is 4.09. The van der Waals surface area contributed by atoms with Gasteiger partial charge in [-0.2, -0.15) is 0 Å². The first kappa shape index (κ1) is 14.8. The molecule has 0 bridgehead atoms. The number of aromatic nitrogens is 1. The highest BCUT2D eigenvalue weighted by atomic mass is 16.2. The molecule has 1 aromatic rings. The Kier molecular flexibility index (Phi) is 4.95. The predicted octanol–water partition coefficient (Wildman–Crippen LogP) is 1.37. The molecule has 0 spiro atoms. The number of nitrogens with one attached hydrogen (secondary N) is 2. The zero-order valence-electron chi connectivity index (χ0n) is 12.2. The van der Waals surface area contributed by atoms with Crippen LogP contribution in [0.4, 0.5) is 0 Å². The van der Waals surface area contributed by atoms with E-state index < -0.39 is 0 Å². The summed E-state index contributed by atoms with van der Waals surface area (Å²) in [5.41, 5.74) is 0.358. The average Bonchev–Trinajstić information content (AvgIpc) is 2.48. The van der Waals surface area contributed by atoms with Gasteiger partial charge in [0, 0.05) is 31.4 Å². The molecule has 2 N–H and O–H groups in total. The molecule has 110 valence electrons. The molecule has 20 heavy (non-hydrogen) atoms. The Balaban J connectivity index is 1.94. The molecule has 5 nitrogen and oxygen atoms in total. The highest BCUT2D eigenvalue weighted by Gasteiger charge is 2.26. The molecule has 1 aromatic heterocycles. The second-order valence-corrected chi connectivity index (χ2v) is 5.42. The number of pyridine rings is 1. The largest absolute Gasteiger partial charge is 0.339 e. The topological polar surface area (TPSA) is 65.2 Å². The van der Waals surface area contributed by atoms with E-state index >= 15 is 0 Å². The highest BCUT2D eigenvalue weighted by molar-refractivity contribution is 5.93. The zero-order valence-corrected chi connectivity index (χ0v) is 12.2. The molecule has 0 radical (unpaired) electrons. The summed E-state index contributed by atoms with van der Waals surface area (Å²) >= 11 is 0. The standard InChI is InChI=1S/C15H23N3O2/c1-3-16-12-5-7-13(8-6-12)18(2)15(20)11-4-9-14(19)17-10-11/h4,9-10,12-13,16H,3,5-8H2,1-2H3,(H,17,19). The summed E-state index contributed by atoms with van der Waals surface area (Å²) in [5.74, 6) is -0.0202. The first-order chi connectivity index (χ1) is 9.61. The van der Waals surface area contributed by atoms with Crippen LogP contribution < -0.4 is 10.9 Å². The minimum Gasteiger partial charge on any atom is -0.339 e. The number of hydrogen-bond acceptors (Lipinski definition) is 3. The van der Waals surface area contributed by atoms with Gasteiger partial charge in [-0.1, -0.05) is 6.92 Å². The lowest BCUT2D eigenvalue weighted by Crippen LogP contribution is -2.43. The average molecular weight is 277 g/mol. The minimum absolute atomic E-state index is 0.0202. The summed E-state index contributed by atoms with van der Waals surface area (Å²) in [6.07, 6.45) is 5.78. The predicted molar refractivity (Wildman–Crippen MR) is 78.9 cm³/mol. The lowest BCUT2D eigenvalue weighted by molar-refractivity contribution is 0.0684. The van der Waals surface area contributed by atoms with Gasteiger partial charge in [-0.3, -0.25) is 9.59 Å². The highest BCUT2D eigenvalue weighted by Crippen LogP contribution is 2.23. The van der Waals surface area contributed by atoms with Crippen LogP contribution in [0.1, 0.15) is 43.0 Å². The van der Waals surface area contributed by atoms with E-state index in [4.69, 9.17) is 0 Å². The number of carbonyl (C=O) groups is 1. The van der Waals surface area contributed by atoms with Crippen molar-refractivity contribution in [3.63, 3.8) is 0 Å². The smallest absolute Gasteiger partial charge is 0.255 e. The van der Waals surface area contributed by atoms with Crippen molar-refractivity contribution < 1.29 is 4.79 Å². The molecule has 2 rings (SSSR count). The number of carbonyl (C=O) groups excluding carboxylic acids is 1. The number of hydrogen-bond donors (Lipinski definition) is 2. The first-order valence-corrected chi connectivity index (χ1v) is 7.31. The lowest BCUT2D eigenvalue weighted by Gasteiger charge is -2.35. The van der Waals surface area contributed by atoms with Crippen molar-refractivity contribution in [2.75, 3.05) is 13.6 Å². The molecular formula is C15H23N3O2. The van der Waals surface area contributed by atoms with E-state index in [2.05, 4.69) is 17.2 Å². The van der Waals surface area contributed by atoms with E-state index in [9.17, 15) is 9.59 Å². The molecule has 1 heterocycles. The maximum atomic E-state index is 12.4. The van der Waals surface area contributed by atoms with Crippen molar-refractivity contribution >= 4 is 5.91 Å². The van der Waals surface area contributed by atoms with Crippen molar-refractivity contribution in [3.05, 3.63) is 34.2 Å². The fraction of sp³-hybridized carbons (Fsp3) is 0.600. The maximum Gasteiger partial charge on any atom is 0.255 e. The lowest BCUT2D eigenvalue weighted by atomic mass is 9.90. The Morgan fingerprint density at radius 2 is 2.05 bits per heavy atom. The van der Waals surface area contributed by atoms with E-state index in [0.29, 0.717) is 17.6 Å². The zero-order chi connectivity index (χ0) is 14.5. The van der Waals surface area contributed by atoms with Crippen LogP contribution in [0.3, 0.4) is 0 Å². The van der Waals surface area contributed by atoms with Gasteiger partial charge in [0.25, 0.3) is 5.91 Å². The summed E-state index contributed by atoms with van der Waals surface area (Å²) < 4.78 is 0. The summed E-state index contributed by atoms with van der Waals surface area (Å²) in [5, 5.41) is 3.47. The van der Waals surface area contributed by atoms with Crippen LogP contribution in [0.25, 0.3) is 0 Å². The van der Waals surface area contributed by atoms with E-state index in [1.54, 1.807) is 6.07 Å². The summed E-state index contributed by atoms with van der Waals surface area (Å²) in [6.45, 7) is 3.12. The molecule has 0 aliphatic heterocycles. The SMILES string of the molecule is CCNC1CCC(N(C)C(=O)c2ccc(=O)[nH]c2)CC1. The fourth-order valence-corrected chi connectivity index (χ4v) is 2.87. The third-order valence-corrected chi connectivity index (χ3v) is 4.09. The fourth-order valence-electron chi connectivity index (χ4n) is 2.87. The monoisotopic (exact) mass is 277 g/mol. The number of H-pyrrole nitrogens is 1. The van der Waals surface area contributed by atoms with Crippen LogP contribution in [0, 0.1) is 0 Å². The van der Waals surface area contributed by atoms with Crippen molar-refractivity contribution in [2.45, 2.75) is 44.7 Å². The summed E-state index contributed by atoms with van der Waals surface area (Å²) in [6, 6.07) is 3.86. The number of nitrogens with zero attached hydrogens (tertiary/aromatic N) is 1. The minimum atomic E-state index is -0.185. The van der Waals surface area contributed by atoms with Crippen molar-refractivity contribution in [1.29, 1.82) is 0 Å². The quantitative estimate of drug-likeness (QED) is 0.873. The molecule has 1 saturated carbocycles. The second-order valence-electron chi connectivity index (χ2n) is 5.42. The van der Waals surface area contributed by atoms with Crippen molar-refractivity contribution in [2.24, 2.45) is 0 Å². The molecule has 0 saturated heterocycles. The van der Waals surface area contributed by atoms with E-state index in [-0.39, 0.29) is 11.5 Å². The Morgan fingerprint density at radius 3 is 2.60 bits per heavy atom. The van der Waals surface area contributed by atoms with E-state index in [0.717, 1.165) is 32.2 Å². The molecule has 1 aliphatic carbocycles. The Bertz CT molecular complexity index is 484. The Labute approximate surface area is 119 Å². The third kappa shape index (κ3) is 3.48. The van der Waals surface area contributed by atoms with Crippen LogP contribution >= 0.6 is 0 Å². The van der Waals surface area contributed by atoms with Crippen LogP contribution in [0.5, 0.6) is 0 Å². The number of rotatable bonds is 4. The van der Waals surface area contributed by atoms with Crippen LogP contribution in [0.15, 0.2) is 23.1 Å². The first-order valence-electron chi connectivity index (χ1n) is 7.31. The second kappa shape index (κ2) is 6.70. The molecule has 0 aromatic carbocycles. The van der Waals surface area contributed by atoms with Gasteiger partial charge in [0.05, 0.1) is 5.56 Å². The Hall–Kier alpha value is -1.62. The number of amides is 1. The Morgan fingerprint density at radius 1 is 1.35 bits per heavy atom. The van der Waals surface area contributed by atoms with Gasteiger partial charge in [0.1, 0.15) is 0 Å². The van der Waals surface area contributed by atoms with E-state index in [1.807, 2.05) is 11.9 Å². The van der Waals surface area contributed by atoms with Gasteiger partial charge in [-0.15, -0.1) is 0 Å². The van der Waals surface area contributed by atoms with Gasteiger partial charge in [-0.25, -0.2) is 0 Å². The van der Waals surface area contributed by atoms with Gasteiger partial charge in [0.2, 0.25) is 5.56 Å². The van der Waals surface area contributed by atoms with Crippen molar-refractivity contribution in [1.82, 2.24) is 15.2 Å². The summed E-state index contributed by atoms with van der Waals surface area (Å²) in [4.78, 5) is 27.7. The van der Waals surface area contributed by atoms with Crippen LogP contribution in [0.2, 0.25) is 0 Å². The maximum absolute atomic E-state index is 12.4.